The minimum Gasteiger partial charge on any atom is -0.481 e. The number of hydrogen-bond acceptors (Lipinski definition) is 6. The Balaban J connectivity index is 1.66. The lowest BCUT2D eigenvalue weighted by atomic mass is 9.76. The first-order chi connectivity index (χ1) is 12.5. The Morgan fingerprint density at radius 3 is 2.77 bits per heavy atom. The molecule has 2 heterocycles. The highest BCUT2D eigenvalue weighted by Crippen LogP contribution is 2.36. The van der Waals surface area contributed by atoms with Crippen molar-refractivity contribution in [3.63, 3.8) is 0 Å². The van der Waals surface area contributed by atoms with Gasteiger partial charge in [-0.2, -0.15) is 0 Å². The summed E-state index contributed by atoms with van der Waals surface area (Å²) >= 11 is 0. The van der Waals surface area contributed by atoms with Crippen LogP contribution in [-0.2, 0) is 16.0 Å². The van der Waals surface area contributed by atoms with Crippen LogP contribution in [0.25, 0.3) is 11.0 Å². The average Bonchev–Trinajstić information content (AvgIpc) is 2.66. The molecule has 0 atom stereocenters. The molecule has 6 nitrogen and oxygen atoms in total. The summed E-state index contributed by atoms with van der Waals surface area (Å²) in [6, 6.07) is 5.63. The van der Waals surface area contributed by atoms with Gasteiger partial charge in [-0.3, -0.25) is 9.78 Å². The highest BCUT2D eigenvalue weighted by Gasteiger charge is 2.36. The number of aromatic nitrogens is 2. The number of pyridine rings is 2. The van der Waals surface area contributed by atoms with Gasteiger partial charge >= 0.3 is 5.97 Å². The summed E-state index contributed by atoms with van der Waals surface area (Å²) in [6.45, 7) is 2.23. The van der Waals surface area contributed by atoms with Crippen molar-refractivity contribution in [1.82, 2.24) is 9.97 Å². The molecular weight excluding hydrogens is 332 g/mol. The summed E-state index contributed by atoms with van der Waals surface area (Å²) in [4.78, 5) is 20.7. The molecule has 6 heteroatoms. The number of fused-ring (bicyclic) bond motifs is 1. The summed E-state index contributed by atoms with van der Waals surface area (Å²) in [6.07, 6.45) is 5.72. The standard InChI is InChI=1S/C20H26N2O4/c1-3-26-19(23)15-7-11-20(24,12-8-15)10-6-14-9-13-21-16-4-5-17(25-2)22-18(14)16/h4-5,9,13,15,24H,3,6-8,10-12H2,1-2H3/t15-,20+. The molecule has 0 spiro atoms. The second kappa shape index (κ2) is 7.99. The van der Waals surface area contributed by atoms with Crippen molar-refractivity contribution in [2.75, 3.05) is 13.7 Å². The van der Waals surface area contributed by atoms with E-state index in [0.29, 0.717) is 51.0 Å². The van der Waals surface area contributed by atoms with Crippen LogP contribution in [-0.4, -0.2) is 40.4 Å². The first-order valence-electron chi connectivity index (χ1n) is 9.22. The highest BCUT2D eigenvalue weighted by atomic mass is 16.5. The lowest BCUT2D eigenvalue weighted by molar-refractivity contribution is -0.151. The topological polar surface area (TPSA) is 81.5 Å². The Morgan fingerprint density at radius 2 is 2.08 bits per heavy atom. The molecule has 0 unspecified atom stereocenters. The van der Waals surface area contributed by atoms with Gasteiger partial charge in [-0.05, 0) is 63.1 Å². The third-order valence-corrected chi connectivity index (χ3v) is 5.25. The van der Waals surface area contributed by atoms with Crippen molar-refractivity contribution in [3.05, 3.63) is 30.0 Å². The van der Waals surface area contributed by atoms with Gasteiger partial charge in [-0.25, -0.2) is 4.98 Å². The molecule has 1 fully saturated rings. The van der Waals surface area contributed by atoms with Gasteiger partial charge in [0.15, 0.2) is 0 Å². The van der Waals surface area contributed by atoms with Gasteiger partial charge in [0, 0.05) is 12.3 Å². The predicted molar refractivity (Wildman–Crippen MR) is 98.0 cm³/mol. The highest BCUT2D eigenvalue weighted by molar-refractivity contribution is 5.78. The van der Waals surface area contributed by atoms with E-state index in [1.54, 1.807) is 19.4 Å². The zero-order valence-corrected chi connectivity index (χ0v) is 15.4. The zero-order valence-electron chi connectivity index (χ0n) is 15.4. The lowest BCUT2D eigenvalue weighted by Crippen LogP contribution is -2.37. The third-order valence-electron chi connectivity index (χ3n) is 5.25. The van der Waals surface area contributed by atoms with Crippen molar-refractivity contribution in [3.8, 4) is 5.88 Å². The molecule has 2 aromatic rings. The van der Waals surface area contributed by atoms with E-state index in [1.807, 2.05) is 19.1 Å². The van der Waals surface area contributed by atoms with Crippen LogP contribution in [0.1, 0.15) is 44.6 Å². The Hall–Kier alpha value is -2.21. The summed E-state index contributed by atoms with van der Waals surface area (Å²) < 4.78 is 10.3. The minimum absolute atomic E-state index is 0.0806. The molecule has 1 saturated carbocycles. The first kappa shape index (κ1) is 18.6. The van der Waals surface area contributed by atoms with Crippen molar-refractivity contribution >= 4 is 17.0 Å². The molecule has 0 amide bonds. The molecule has 0 bridgehead atoms. The molecule has 1 N–H and O–H groups in total. The van der Waals surface area contributed by atoms with Crippen LogP contribution >= 0.6 is 0 Å². The number of nitrogens with zero attached hydrogens (tertiary/aromatic N) is 2. The molecular formula is C20H26N2O4. The number of hydrogen-bond donors (Lipinski definition) is 1. The quantitative estimate of drug-likeness (QED) is 0.799. The maximum absolute atomic E-state index is 11.9. The van der Waals surface area contributed by atoms with Gasteiger partial charge in [0.25, 0.3) is 0 Å². The first-order valence-corrected chi connectivity index (χ1v) is 9.22. The maximum atomic E-state index is 11.9. The van der Waals surface area contributed by atoms with Gasteiger partial charge in [-0.15, -0.1) is 0 Å². The van der Waals surface area contributed by atoms with Crippen molar-refractivity contribution in [2.45, 2.75) is 51.0 Å². The Bertz CT molecular complexity index is 769. The SMILES string of the molecule is CCOC(=O)[C@H]1CC[C@](O)(CCc2ccnc3ccc(OC)nc23)CC1. The van der Waals surface area contributed by atoms with E-state index in [4.69, 9.17) is 9.47 Å². The van der Waals surface area contributed by atoms with Crippen LogP contribution in [0.4, 0.5) is 0 Å². The molecule has 3 rings (SSSR count). The second-order valence-electron chi connectivity index (χ2n) is 6.94. The normalized spacial score (nSPS) is 23.0. The fourth-order valence-corrected chi connectivity index (χ4v) is 3.64. The molecule has 0 aromatic carbocycles. The summed E-state index contributed by atoms with van der Waals surface area (Å²) in [5.41, 5.74) is 1.95. The smallest absolute Gasteiger partial charge is 0.308 e. The summed E-state index contributed by atoms with van der Waals surface area (Å²) in [7, 11) is 1.59. The summed E-state index contributed by atoms with van der Waals surface area (Å²) in [5, 5.41) is 10.9. The van der Waals surface area contributed by atoms with E-state index >= 15 is 0 Å². The molecule has 26 heavy (non-hydrogen) atoms. The van der Waals surface area contributed by atoms with Gasteiger partial charge < -0.3 is 14.6 Å². The fourth-order valence-electron chi connectivity index (χ4n) is 3.64. The van der Waals surface area contributed by atoms with Crippen LogP contribution in [0.15, 0.2) is 24.4 Å². The van der Waals surface area contributed by atoms with Gasteiger partial charge in [0.05, 0.1) is 36.3 Å². The van der Waals surface area contributed by atoms with Crippen LogP contribution in [0, 0.1) is 5.92 Å². The van der Waals surface area contributed by atoms with Crippen molar-refractivity contribution < 1.29 is 19.4 Å². The predicted octanol–water partition coefficient (Wildman–Crippen LogP) is 3.06. The minimum atomic E-state index is -0.739. The monoisotopic (exact) mass is 358 g/mol. The molecule has 140 valence electrons. The number of esters is 1. The van der Waals surface area contributed by atoms with Gasteiger partial charge in [0.2, 0.25) is 5.88 Å². The molecule has 2 aromatic heterocycles. The van der Waals surface area contributed by atoms with Crippen molar-refractivity contribution in [2.24, 2.45) is 5.92 Å². The fraction of sp³-hybridized carbons (Fsp3) is 0.550. The number of methoxy groups -OCH3 is 1. The Morgan fingerprint density at radius 1 is 1.31 bits per heavy atom. The van der Waals surface area contributed by atoms with E-state index in [0.717, 1.165) is 16.6 Å². The van der Waals surface area contributed by atoms with E-state index in [9.17, 15) is 9.90 Å². The molecule has 1 aliphatic carbocycles. The van der Waals surface area contributed by atoms with E-state index in [1.165, 1.54) is 0 Å². The largest absolute Gasteiger partial charge is 0.481 e. The van der Waals surface area contributed by atoms with Gasteiger partial charge in [0.1, 0.15) is 0 Å². The average molecular weight is 358 g/mol. The molecule has 0 saturated heterocycles. The Kier molecular flexibility index (Phi) is 5.71. The number of ether oxygens (including phenoxy) is 2. The third kappa shape index (κ3) is 4.12. The van der Waals surface area contributed by atoms with E-state index in [2.05, 4.69) is 9.97 Å². The number of carbonyl (C=O) groups is 1. The lowest BCUT2D eigenvalue weighted by Gasteiger charge is -2.35. The van der Waals surface area contributed by atoms with Crippen LogP contribution in [0.2, 0.25) is 0 Å². The zero-order chi connectivity index (χ0) is 18.6. The maximum Gasteiger partial charge on any atom is 0.308 e. The number of rotatable bonds is 6. The number of aryl methyl sites for hydroxylation is 1. The van der Waals surface area contributed by atoms with Crippen LogP contribution in [0.3, 0.4) is 0 Å². The van der Waals surface area contributed by atoms with E-state index < -0.39 is 5.60 Å². The summed E-state index contributed by atoms with van der Waals surface area (Å²) in [5.74, 6) is 0.342. The second-order valence-corrected chi connectivity index (χ2v) is 6.94. The number of carbonyl (C=O) groups excluding carboxylic acids is 1. The Labute approximate surface area is 153 Å². The molecule has 0 aliphatic heterocycles. The van der Waals surface area contributed by atoms with Crippen LogP contribution in [0.5, 0.6) is 5.88 Å². The molecule has 1 aliphatic rings. The van der Waals surface area contributed by atoms with E-state index in [-0.39, 0.29) is 11.9 Å². The van der Waals surface area contributed by atoms with Crippen LogP contribution < -0.4 is 4.74 Å². The van der Waals surface area contributed by atoms with Crippen molar-refractivity contribution in [1.29, 1.82) is 0 Å². The number of aliphatic hydroxyl groups is 1. The van der Waals surface area contributed by atoms with Gasteiger partial charge in [-0.1, -0.05) is 0 Å². The molecule has 0 radical (unpaired) electrons.